The van der Waals surface area contributed by atoms with Crippen LogP contribution in [0.1, 0.15) is 216 Å². The molecular formula is C97H124F10N12O11. The molecule has 3 atom stereocenters. The molecule has 0 radical (unpaired) electrons. The zero-order chi connectivity index (χ0) is 94.2. The predicted octanol–water partition coefficient (Wildman–Crippen LogP) is 17.8. The summed E-state index contributed by atoms with van der Waals surface area (Å²) in [5.41, 5.74) is 1.87. The minimum absolute atomic E-state index is 0. The number of nitrogens with zero attached hydrogens (tertiary/aromatic N) is 11. The molecule has 12 heterocycles. The first-order valence-corrected chi connectivity index (χ1v) is 45.0. The first-order chi connectivity index (χ1) is 61.4. The molecule has 0 saturated carbocycles. The Labute approximate surface area is 755 Å². The van der Waals surface area contributed by atoms with Crippen molar-refractivity contribution in [3.8, 4) is 34.5 Å². The Kier molecular flexibility index (Phi) is 28.8. The maximum absolute atomic E-state index is 14.6. The van der Waals surface area contributed by atoms with Gasteiger partial charge in [-0.15, -0.1) is 0 Å². The fourth-order valence-electron chi connectivity index (χ4n) is 20.6. The number of amides is 5. The van der Waals surface area contributed by atoms with Gasteiger partial charge in [-0.2, -0.15) is 39.5 Å². The highest BCUT2D eigenvalue weighted by atomic mass is 19.4. The number of carbonyl (C=O) groups is 5. The Morgan fingerprint density at radius 1 is 0.446 bits per heavy atom. The third kappa shape index (κ3) is 19.6. The van der Waals surface area contributed by atoms with Crippen molar-refractivity contribution in [2.45, 2.75) is 232 Å². The topological polar surface area (TPSA) is 195 Å². The van der Waals surface area contributed by atoms with E-state index in [1.54, 1.807) is 75.1 Å². The summed E-state index contributed by atoms with van der Waals surface area (Å²) in [6.45, 7) is 30.2. The van der Waals surface area contributed by atoms with Crippen LogP contribution in [0, 0.1) is 18.7 Å². The number of aromatic nitrogens is 4. The Morgan fingerprint density at radius 2 is 0.900 bits per heavy atom. The van der Waals surface area contributed by atoms with Crippen molar-refractivity contribution < 1.29 is 97.7 Å². The van der Waals surface area contributed by atoms with Crippen molar-refractivity contribution in [1.82, 2.24) is 57.9 Å². The monoisotopic (exact) mass is 1820 g/mol. The number of likely N-dealkylation sites (N-methyl/N-ethyl adjacent to an activating group) is 2. The van der Waals surface area contributed by atoms with Gasteiger partial charge >= 0.3 is 18.5 Å². The second-order valence-electron chi connectivity index (χ2n) is 36.5. The van der Waals surface area contributed by atoms with Gasteiger partial charge < -0.3 is 76.5 Å². The summed E-state index contributed by atoms with van der Waals surface area (Å²) in [7, 11) is 7.24. The average Bonchev–Trinajstić information content (AvgIpc) is 1.63. The smallest absolute Gasteiger partial charge is 0.431 e. The molecular weight excluding hydrogens is 1700 g/mol. The van der Waals surface area contributed by atoms with Crippen LogP contribution in [-0.4, -0.2) is 213 Å². The standard InChI is InChI=1S/C26H32F3N3O4.C25H32F3N3O3.C23H27F4N3O2.C23H31N3O2.H2/c1-5-23(33)32-15-14-31-21(8-9-22(31)26(27,28)29)25(32)10-12-30(13-11-25)24(34)18-6-7-19(36-17(2)3)20(16-18)35-4;1-16(2)34-19-7-6-18(14-20(19)33-5)23(32)30-11-10-24(17(3)15-30)21-8-9-22(25(26,27)28)31(21)13-12-29(24)4;1-14(2)32-16-4-5-17(18(24)12-16)21(31)29-10-8-22(9-11-29)19-6-7-20(23(25,26)27)30(19)13-15(3)28-22;1-17(2)28-20-8-7-19(16-18(20)3)22(27)26-12-9-23(10-13-26)21-6-5-11-25(21)15-14-24(23)4;/h6-9,16-17H,5,10-15H2,1-4H3;6-9,14,16-17H,10-13,15H2,1-5H3;4-7,12,14-15,28H,8-11,13H2,1-3H3;5-8,11,16-17H,9-10,12-15H2,1-4H3;1H/t;17-,24-;;;/m.0.../s1. The first-order valence-electron chi connectivity index (χ1n) is 45.0. The molecule has 4 fully saturated rings. The van der Waals surface area contributed by atoms with Crippen LogP contribution in [0.5, 0.6) is 34.5 Å². The van der Waals surface area contributed by atoms with Gasteiger partial charge in [0.25, 0.3) is 23.6 Å². The van der Waals surface area contributed by atoms with Gasteiger partial charge in [-0.05, 0) is 255 Å². The Bertz CT molecular complexity index is 5380. The van der Waals surface area contributed by atoms with E-state index >= 15 is 0 Å². The maximum atomic E-state index is 14.6. The van der Waals surface area contributed by atoms with Gasteiger partial charge in [-0.25, -0.2) is 4.39 Å². The molecule has 130 heavy (non-hydrogen) atoms. The SMILES string of the molecule is CC1Cn2c(C(F)(F)F)ccc2C2(CCN(C(=O)c3ccc(OC(C)C)cc3F)CC2)N1.CCC(=O)N1CCn2c(C(F)(F)F)ccc2C12CCN(C(=O)c1ccc(OC(C)C)c(OC)c1)CC2.COc1cc(C(=O)N2CC[C@@]3(c4ccc(C(F)(F)F)n4CCN3C)[C@@H](C)C2)ccc1OC(C)C.Cc1cc(C(=O)N2CCC3(CC2)c2cccn2CCN3C)ccc1OC(C)C.[HH]. The summed E-state index contributed by atoms with van der Waals surface area (Å²) in [6, 6.07) is 32.5. The first kappa shape index (κ1) is 96.9. The zero-order valence-electron chi connectivity index (χ0n) is 77.0. The lowest BCUT2D eigenvalue weighted by molar-refractivity contribution is -0.148. The minimum atomic E-state index is -4.47. The third-order valence-corrected chi connectivity index (χ3v) is 26.8. The molecule has 708 valence electrons. The number of methoxy groups -OCH3 is 2. The van der Waals surface area contributed by atoms with Crippen LogP contribution in [-0.2, 0) is 71.7 Å². The lowest BCUT2D eigenvalue weighted by atomic mass is 9.74. The van der Waals surface area contributed by atoms with E-state index in [-0.39, 0.29) is 98.6 Å². The quantitative estimate of drug-likeness (QED) is 0.0952. The molecule has 5 amide bonds. The minimum Gasteiger partial charge on any atom is -0.493 e. The highest BCUT2D eigenvalue weighted by molar-refractivity contribution is 5.97. The largest absolute Gasteiger partial charge is 0.493 e. The summed E-state index contributed by atoms with van der Waals surface area (Å²) in [5, 5.41) is 3.47. The molecule has 8 aliphatic heterocycles. The molecule has 4 aromatic heterocycles. The number of rotatable bonds is 15. The summed E-state index contributed by atoms with van der Waals surface area (Å²) in [6.07, 6.45) is -6.78. The van der Waals surface area contributed by atoms with E-state index in [0.29, 0.717) is 141 Å². The van der Waals surface area contributed by atoms with Gasteiger partial charge in [0, 0.05) is 164 Å². The van der Waals surface area contributed by atoms with Crippen LogP contribution in [0.2, 0.25) is 0 Å². The van der Waals surface area contributed by atoms with E-state index in [1.807, 2.05) is 106 Å². The molecule has 4 spiro atoms. The number of aryl methyl sites for hydroxylation is 1. The molecule has 33 heteroatoms. The van der Waals surface area contributed by atoms with Crippen molar-refractivity contribution in [3.05, 3.63) is 201 Å². The summed E-state index contributed by atoms with van der Waals surface area (Å²) >= 11 is 0. The van der Waals surface area contributed by atoms with Crippen LogP contribution in [0.25, 0.3) is 0 Å². The summed E-state index contributed by atoms with van der Waals surface area (Å²) in [4.78, 5) is 79.0. The number of likely N-dealkylation sites (tertiary alicyclic amines) is 4. The number of fused-ring (bicyclic) bond motifs is 8. The highest BCUT2D eigenvalue weighted by Crippen LogP contribution is 2.51. The number of halogens is 10. The van der Waals surface area contributed by atoms with Crippen LogP contribution in [0.3, 0.4) is 0 Å². The predicted molar refractivity (Wildman–Crippen MR) is 473 cm³/mol. The van der Waals surface area contributed by atoms with Crippen molar-refractivity contribution in [2.24, 2.45) is 5.92 Å². The number of piperidine rings is 4. The fraction of sp³-hybridized carbons (Fsp3) is 0.536. The number of ether oxygens (including phenoxy) is 6. The number of hydrogen-bond donors (Lipinski definition) is 1. The molecule has 0 aliphatic carbocycles. The fourth-order valence-corrected chi connectivity index (χ4v) is 20.6. The van der Waals surface area contributed by atoms with Gasteiger partial charge in [0.15, 0.2) is 23.0 Å². The van der Waals surface area contributed by atoms with E-state index in [1.165, 1.54) is 63.9 Å². The van der Waals surface area contributed by atoms with Gasteiger partial charge in [-0.3, -0.25) is 33.8 Å². The highest BCUT2D eigenvalue weighted by Gasteiger charge is 2.54. The van der Waals surface area contributed by atoms with E-state index in [9.17, 15) is 67.9 Å². The molecule has 1 unspecified atom stereocenters. The van der Waals surface area contributed by atoms with Crippen molar-refractivity contribution in [1.29, 1.82) is 0 Å². The molecule has 0 bridgehead atoms. The van der Waals surface area contributed by atoms with Gasteiger partial charge in [0.05, 0.1) is 66.4 Å². The molecule has 8 aromatic rings. The number of hydrogen-bond acceptors (Lipinski definition) is 14. The van der Waals surface area contributed by atoms with Crippen LogP contribution in [0.4, 0.5) is 43.9 Å². The van der Waals surface area contributed by atoms with Crippen molar-refractivity contribution in [3.63, 3.8) is 0 Å². The van der Waals surface area contributed by atoms with Gasteiger partial charge in [0.2, 0.25) is 5.91 Å². The number of nitrogens with one attached hydrogen (secondary N) is 1. The van der Waals surface area contributed by atoms with E-state index in [4.69, 9.17) is 28.4 Å². The van der Waals surface area contributed by atoms with E-state index in [2.05, 4.69) is 45.1 Å². The van der Waals surface area contributed by atoms with Gasteiger partial charge in [0.1, 0.15) is 34.4 Å². The lowest BCUT2D eigenvalue weighted by Gasteiger charge is -2.54. The molecule has 4 saturated heterocycles. The maximum Gasteiger partial charge on any atom is 0.431 e. The summed E-state index contributed by atoms with van der Waals surface area (Å²) < 4.78 is 177. The molecule has 1 N–H and O–H groups in total. The van der Waals surface area contributed by atoms with Crippen LogP contribution in [0.15, 0.2) is 128 Å². The number of benzene rings is 4. The van der Waals surface area contributed by atoms with E-state index < -0.39 is 64.0 Å². The summed E-state index contributed by atoms with van der Waals surface area (Å²) in [5.74, 6) is 1.84. The normalized spacial score (nSPS) is 20.1. The van der Waals surface area contributed by atoms with E-state index in [0.717, 1.165) is 68.0 Å². The van der Waals surface area contributed by atoms with Crippen molar-refractivity contribution in [2.75, 3.05) is 100 Å². The Balaban J connectivity index is 0.000000158. The molecule has 16 rings (SSSR count). The third-order valence-electron chi connectivity index (χ3n) is 26.8. The van der Waals surface area contributed by atoms with Gasteiger partial charge in [-0.1, -0.05) is 13.8 Å². The van der Waals surface area contributed by atoms with Crippen LogP contribution < -0.4 is 33.7 Å². The lowest BCUT2D eigenvalue weighted by Crippen LogP contribution is -2.61. The number of alkyl halides is 9. The molecule has 8 aliphatic rings. The molecule has 23 nitrogen and oxygen atoms in total. The second-order valence-corrected chi connectivity index (χ2v) is 36.5. The second kappa shape index (κ2) is 38.6. The van der Waals surface area contributed by atoms with Crippen LogP contribution >= 0.6 is 0 Å². The number of carbonyl (C=O) groups excluding carboxylic acids is 5. The average molecular weight is 1820 g/mol. The Morgan fingerprint density at radius 3 is 1.41 bits per heavy atom. The zero-order valence-corrected chi connectivity index (χ0v) is 77.0. The molecule has 4 aromatic carbocycles. The van der Waals surface area contributed by atoms with Crippen molar-refractivity contribution >= 4 is 29.5 Å². The Hall–Kier alpha value is -10.7.